The summed E-state index contributed by atoms with van der Waals surface area (Å²) < 4.78 is 17.2. The average Bonchev–Trinajstić information content (AvgIpc) is 3.05. The summed E-state index contributed by atoms with van der Waals surface area (Å²) in [6.45, 7) is 7.93. The highest BCUT2D eigenvalue weighted by Crippen LogP contribution is 2.41. The first kappa shape index (κ1) is 33.7. The van der Waals surface area contributed by atoms with E-state index in [1.807, 2.05) is 0 Å². The number of nitrogens with zero attached hydrogens (tertiary/aromatic N) is 2. The van der Waals surface area contributed by atoms with Crippen LogP contribution in [0, 0.1) is 11.8 Å². The highest BCUT2D eigenvalue weighted by molar-refractivity contribution is 5.92. The maximum absolute atomic E-state index is 14.1. The van der Waals surface area contributed by atoms with Crippen LogP contribution in [0.4, 0.5) is 0 Å². The predicted octanol–water partition coefficient (Wildman–Crippen LogP) is 2.51. The molecule has 3 aliphatic rings. The van der Waals surface area contributed by atoms with Crippen LogP contribution in [0.2, 0.25) is 0 Å². The van der Waals surface area contributed by atoms with E-state index in [0.29, 0.717) is 41.6 Å². The van der Waals surface area contributed by atoms with Crippen molar-refractivity contribution in [3.8, 4) is 28.4 Å². The van der Waals surface area contributed by atoms with Crippen LogP contribution in [0.5, 0.6) is 17.2 Å². The standard InChI is InChI=1S/C35H46N2O10/c1-19-5-3-11-36(13-19)15-23-28(39)24(16-37-12-4-6-20(2)14-37)34-27(29(23)40)30(41)25(18-45-34)21-7-9-22(10-8-21)46-35-33(44)32(43)31(42)26(17-38)47-35/h7-10,18-20,26,31-33,35,38-40,42-44H,3-6,11-17H2,1-2H3/t19-,20-,26-,31-,32+,33-,35-/m0/s1. The summed E-state index contributed by atoms with van der Waals surface area (Å²) in [6.07, 6.45) is -1.44. The second-order valence-electron chi connectivity index (χ2n) is 13.6. The van der Waals surface area contributed by atoms with E-state index in [0.717, 1.165) is 51.9 Å². The molecule has 47 heavy (non-hydrogen) atoms. The Balaban J connectivity index is 1.34. The maximum Gasteiger partial charge on any atom is 0.229 e. The topological polar surface area (TPSA) is 177 Å². The molecule has 3 saturated heterocycles. The van der Waals surface area contributed by atoms with Gasteiger partial charge in [0, 0.05) is 26.2 Å². The lowest BCUT2D eigenvalue weighted by molar-refractivity contribution is -0.277. The van der Waals surface area contributed by atoms with Gasteiger partial charge in [-0.05, 0) is 68.3 Å². The molecule has 256 valence electrons. The lowest BCUT2D eigenvalue weighted by atomic mass is 9.95. The Kier molecular flexibility index (Phi) is 10.1. The van der Waals surface area contributed by atoms with E-state index in [1.54, 1.807) is 24.3 Å². The van der Waals surface area contributed by atoms with Crippen LogP contribution in [0.1, 0.15) is 50.7 Å². The largest absolute Gasteiger partial charge is 0.507 e. The Bertz CT molecular complexity index is 1610. The van der Waals surface area contributed by atoms with Gasteiger partial charge in [-0.1, -0.05) is 26.0 Å². The minimum Gasteiger partial charge on any atom is -0.507 e. The Morgan fingerprint density at radius 2 is 1.47 bits per heavy atom. The van der Waals surface area contributed by atoms with E-state index in [1.165, 1.54) is 6.26 Å². The number of ether oxygens (including phenoxy) is 2. The number of phenolic OH excluding ortho intramolecular Hbond substituents is 2. The number of hydrogen-bond acceptors (Lipinski definition) is 12. The Labute approximate surface area is 273 Å². The second-order valence-corrected chi connectivity index (χ2v) is 13.6. The highest BCUT2D eigenvalue weighted by atomic mass is 16.7. The number of likely N-dealkylation sites (tertiary alicyclic amines) is 2. The molecule has 6 N–H and O–H groups in total. The molecule has 12 nitrogen and oxygen atoms in total. The summed E-state index contributed by atoms with van der Waals surface area (Å²) >= 11 is 0. The van der Waals surface area contributed by atoms with Gasteiger partial charge in [0.15, 0.2) is 0 Å². The number of benzene rings is 2. The minimum atomic E-state index is -1.58. The van der Waals surface area contributed by atoms with Crippen molar-refractivity contribution < 1.29 is 44.5 Å². The van der Waals surface area contributed by atoms with Gasteiger partial charge in [-0.2, -0.15) is 0 Å². The van der Waals surface area contributed by atoms with E-state index in [9.17, 15) is 35.4 Å². The molecular formula is C35H46N2O10. The van der Waals surface area contributed by atoms with Crippen LogP contribution < -0.4 is 10.2 Å². The molecule has 0 saturated carbocycles. The fraction of sp³-hybridized carbons (Fsp3) is 0.571. The van der Waals surface area contributed by atoms with Gasteiger partial charge < -0.3 is 44.5 Å². The molecule has 0 spiro atoms. The third-order valence-electron chi connectivity index (χ3n) is 9.87. The number of fused-ring (bicyclic) bond motifs is 1. The number of hydrogen-bond donors (Lipinski definition) is 6. The van der Waals surface area contributed by atoms with Gasteiger partial charge >= 0.3 is 0 Å². The Morgan fingerprint density at radius 1 is 0.851 bits per heavy atom. The minimum absolute atomic E-state index is 0.0297. The summed E-state index contributed by atoms with van der Waals surface area (Å²) in [6, 6.07) is 6.31. The molecule has 1 aromatic heterocycles. The number of rotatable bonds is 8. The van der Waals surface area contributed by atoms with Crippen LogP contribution >= 0.6 is 0 Å². The van der Waals surface area contributed by atoms with Crippen molar-refractivity contribution in [1.29, 1.82) is 0 Å². The fourth-order valence-corrected chi connectivity index (χ4v) is 7.27. The van der Waals surface area contributed by atoms with Crippen LogP contribution in [-0.4, -0.2) is 104 Å². The molecular weight excluding hydrogens is 608 g/mol. The predicted molar refractivity (Wildman–Crippen MR) is 173 cm³/mol. The summed E-state index contributed by atoms with van der Waals surface area (Å²) in [7, 11) is 0. The van der Waals surface area contributed by atoms with Crippen molar-refractivity contribution in [2.24, 2.45) is 11.8 Å². The van der Waals surface area contributed by atoms with Crippen molar-refractivity contribution >= 4 is 11.0 Å². The quantitative estimate of drug-likeness (QED) is 0.210. The van der Waals surface area contributed by atoms with Gasteiger partial charge in [-0.25, -0.2) is 0 Å². The molecule has 0 aliphatic carbocycles. The number of aromatic hydroxyl groups is 2. The van der Waals surface area contributed by atoms with E-state index in [2.05, 4.69) is 23.6 Å². The maximum atomic E-state index is 14.1. The molecule has 6 rings (SSSR count). The first-order chi connectivity index (χ1) is 22.5. The molecule has 0 amide bonds. The molecule has 2 aromatic carbocycles. The van der Waals surface area contributed by atoms with E-state index < -0.39 is 42.7 Å². The van der Waals surface area contributed by atoms with Crippen molar-refractivity contribution in [2.45, 2.75) is 83.3 Å². The summed E-state index contributed by atoms with van der Waals surface area (Å²) in [4.78, 5) is 18.6. The summed E-state index contributed by atoms with van der Waals surface area (Å²) in [5.41, 5.74) is 1.25. The number of aliphatic hydroxyl groups excluding tert-OH is 4. The SMILES string of the molecule is C[C@H]1CCCN(Cc2c(O)c(CN3CCC[C@H](C)C3)c3occ(-c4ccc(O[C@H]5O[C@@H](CO)[C@H](O)[C@@H](O)[C@@H]5O)cc4)c(=O)c3c2O)C1. The molecule has 3 aliphatic heterocycles. The van der Waals surface area contributed by atoms with Gasteiger partial charge in [0.05, 0.1) is 23.3 Å². The zero-order chi connectivity index (χ0) is 33.4. The van der Waals surface area contributed by atoms with E-state index in [-0.39, 0.29) is 33.8 Å². The van der Waals surface area contributed by atoms with Crippen molar-refractivity contribution in [3.63, 3.8) is 0 Å². The molecule has 0 bridgehead atoms. The van der Waals surface area contributed by atoms with Gasteiger partial charge in [0.25, 0.3) is 0 Å². The van der Waals surface area contributed by atoms with Gasteiger partial charge in [-0.15, -0.1) is 0 Å². The van der Waals surface area contributed by atoms with Crippen molar-refractivity contribution in [1.82, 2.24) is 9.80 Å². The fourth-order valence-electron chi connectivity index (χ4n) is 7.27. The monoisotopic (exact) mass is 654 g/mol. The first-order valence-corrected chi connectivity index (χ1v) is 16.6. The number of piperidine rings is 2. The summed E-state index contributed by atoms with van der Waals surface area (Å²) in [5, 5.41) is 63.2. The molecule has 3 fully saturated rings. The Morgan fingerprint density at radius 3 is 2.06 bits per heavy atom. The van der Waals surface area contributed by atoms with Crippen molar-refractivity contribution in [3.05, 3.63) is 51.9 Å². The van der Waals surface area contributed by atoms with Crippen molar-refractivity contribution in [2.75, 3.05) is 32.8 Å². The first-order valence-electron chi connectivity index (χ1n) is 16.6. The van der Waals surface area contributed by atoms with E-state index >= 15 is 0 Å². The Hall–Kier alpha value is -3.23. The molecule has 0 radical (unpaired) electrons. The molecule has 7 atom stereocenters. The van der Waals surface area contributed by atoms with Crippen LogP contribution in [0.25, 0.3) is 22.1 Å². The van der Waals surface area contributed by atoms with E-state index in [4.69, 9.17) is 13.9 Å². The molecule has 3 aromatic rings. The molecule has 0 unspecified atom stereocenters. The van der Waals surface area contributed by atoms with Crippen LogP contribution in [0.15, 0.2) is 39.7 Å². The number of phenols is 2. The molecule has 4 heterocycles. The lowest BCUT2D eigenvalue weighted by Crippen LogP contribution is -2.60. The zero-order valence-corrected chi connectivity index (χ0v) is 26.9. The third kappa shape index (κ3) is 6.86. The second kappa shape index (κ2) is 14.1. The zero-order valence-electron chi connectivity index (χ0n) is 26.9. The highest BCUT2D eigenvalue weighted by Gasteiger charge is 2.44. The van der Waals surface area contributed by atoms with Crippen LogP contribution in [-0.2, 0) is 17.8 Å². The summed E-state index contributed by atoms with van der Waals surface area (Å²) in [5.74, 6) is 0.941. The normalized spacial score (nSPS) is 29.3. The number of aliphatic hydroxyl groups is 4. The molecule has 12 heteroatoms. The van der Waals surface area contributed by atoms with Gasteiger partial charge in [-0.3, -0.25) is 14.6 Å². The van der Waals surface area contributed by atoms with Crippen LogP contribution in [0.3, 0.4) is 0 Å². The van der Waals surface area contributed by atoms with Gasteiger partial charge in [0.1, 0.15) is 58.9 Å². The third-order valence-corrected chi connectivity index (χ3v) is 9.87. The lowest BCUT2D eigenvalue weighted by Gasteiger charge is -2.39. The average molecular weight is 655 g/mol. The van der Waals surface area contributed by atoms with Gasteiger partial charge in [0.2, 0.25) is 11.7 Å². The smallest absolute Gasteiger partial charge is 0.229 e.